The summed E-state index contributed by atoms with van der Waals surface area (Å²) in [6.07, 6.45) is 0.861. The van der Waals surface area contributed by atoms with Crippen molar-refractivity contribution in [3.8, 4) is 5.75 Å². The predicted octanol–water partition coefficient (Wildman–Crippen LogP) is 3.12. The van der Waals surface area contributed by atoms with Crippen molar-refractivity contribution in [2.24, 2.45) is 0 Å². The van der Waals surface area contributed by atoms with Gasteiger partial charge in [0.15, 0.2) is 6.61 Å². The second kappa shape index (κ2) is 5.95. The smallest absolute Gasteiger partial charge is 0.212 e. The molecule has 2 heterocycles. The number of hydrogen-bond donors (Lipinski definition) is 0. The van der Waals surface area contributed by atoms with E-state index in [2.05, 4.69) is 27.3 Å². The normalized spacial score (nSPS) is 11.8. The summed E-state index contributed by atoms with van der Waals surface area (Å²) in [6, 6.07) is 9.95. The van der Waals surface area contributed by atoms with Crippen LogP contribution in [0, 0.1) is 0 Å². The average Bonchev–Trinajstić information content (AvgIpc) is 3.01. The fraction of sp³-hybridized carbons (Fsp3) is 0.412. The van der Waals surface area contributed by atoms with Gasteiger partial charge in [-0.2, -0.15) is 4.80 Å². The van der Waals surface area contributed by atoms with E-state index in [4.69, 9.17) is 4.74 Å². The molecule has 0 saturated heterocycles. The minimum atomic E-state index is -0.190. The summed E-state index contributed by atoms with van der Waals surface area (Å²) in [4.78, 5) is 6.22. The summed E-state index contributed by atoms with van der Waals surface area (Å²) in [5.41, 5.74) is 1.75. The van der Waals surface area contributed by atoms with Crippen LogP contribution in [0.3, 0.4) is 0 Å². The lowest BCUT2D eigenvalue weighted by Crippen LogP contribution is -2.24. The summed E-state index contributed by atoms with van der Waals surface area (Å²) in [5.74, 6) is 1.37. The molecule has 2 aromatic heterocycles. The largest absolute Gasteiger partial charge is 0.485 e. The highest BCUT2D eigenvalue weighted by molar-refractivity contribution is 5.85. The first-order valence-electron chi connectivity index (χ1n) is 7.78. The van der Waals surface area contributed by atoms with Gasteiger partial charge in [-0.05, 0) is 44.5 Å². The fourth-order valence-electron chi connectivity index (χ4n) is 2.22. The van der Waals surface area contributed by atoms with Crippen molar-refractivity contribution >= 4 is 10.9 Å². The van der Waals surface area contributed by atoms with E-state index in [0.717, 1.165) is 28.8 Å². The first kappa shape index (κ1) is 15.4. The summed E-state index contributed by atoms with van der Waals surface area (Å²) in [7, 11) is 0. The van der Waals surface area contributed by atoms with E-state index in [1.54, 1.807) is 4.80 Å². The van der Waals surface area contributed by atoms with Crippen LogP contribution < -0.4 is 4.74 Å². The Morgan fingerprint density at radius 1 is 1.17 bits per heavy atom. The van der Waals surface area contributed by atoms with E-state index in [0.29, 0.717) is 5.82 Å². The maximum absolute atomic E-state index is 5.96. The van der Waals surface area contributed by atoms with Crippen molar-refractivity contribution in [3.05, 3.63) is 41.9 Å². The monoisotopic (exact) mass is 311 g/mol. The molecule has 0 radical (unpaired) electrons. The Hall–Kier alpha value is -2.50. The zero-order valence-corrected chi connectivity index (χ0v) is 13.9. The van der Waals surface area contributed by atoms with E-state index in [-0.39, 0.29) is 12.1 Å². The number of rotatable bonds is 4. The topological polar surface area (TPSA) is 65.7 Å². The number of nitrogens with zero attached hydrogens (tertiary/aromatic N) is 5. The van der Waals surface area contributed by atoms with Gasteiger partial charge < -0.3 is 4.74 Å². The molecule has 6 heteroatoms. The second-order valence-corrected chi connectivity index (χ2v) is 6.44. The van der Waals surface area contributed by atoms with Crippen molar-refractivity contribution in [1.29, 1.82) is 0 Å². The molecule has 3 rings (SSSR count). The van der Waals surface area contributed by atoms with E-state index >= 15 is 0 Å². The Bertz CT molecular complexity index is 819. The zero-order valence-electron chi connectivity index (χ0n) is 13.9. The number of para-hydroxylation sites is 1. The molecular formula is C17H21N5O. The summed E-state index contributed by atoms with van der Waals surface area (Å²) in [5, 5.41) is 13.5. The molecule has 0 aliphatic carbocycles. The molecule has 0 aliphatic heterocycles. The van der Waals surface area contributed by atoms with Gasteiger partial charge in [-0.25, -0.2) is 0 Å². The zero-order chi connectivity index (χ0) is 16.4. The highest BCUT2D eigenvalue weighted by Gasteiger charge is 2.17. The summed E-state index contributed by atoms with van der Waals surface area (Å²) >= 11 is 0. The number of aromatic nitrogens is 5. The SMILES string of the molecule is CCc1cc(OCc2nnn(C(C)(C)C)n2)c2ccccc2n1. The van der Waals surface area contributed by atoms with Crippen molar-refractivity contribution in [3.63, 3.8) is 0 Å². The number of benzene rings is 1. The highest BCUT2D eigenvalue weighted by atomic mass is 16.5. The number of pyridine rings is 1. The van der Waals surface area contributed by atoms with Crippen LogP contribution in [-0.2, 0) is 18.6 Å². The molecule has 0 saturated carbocycles. The quantitative estimate of drug-likeness (QED) is 0.740. The lowest BCUT2D eigenvalue weighted by molar-refractivity contribution is 0.286. The van der Waals surface area contributed by atoms with Crippen molar-refractivity contribution in [1.82, 2.24) is 25.2 Å². The summed E-state index contributed by atoms with van der Waals surface area (Å²) < 4.78 is 5.96. The Labute approximate surface area is 135 Å². The standard InChI is InChI=1S/C17H21N5O/c1-5-12-10-15(13-8-6-7-9-14(13)18-12)23-11-16-19-21-22(20-16)17(2,3)4/h6-10H,5,11H2,1-4H3. The van der Waals surface area contributed by atoms with Gasteiger partial charge in [-0.3, -0.25) is 4.98 Å². The Morgan fingerprint density at radius 3 is 2.65 bits per heavy atom. The molecule has 0 bridgehead atoms. The number of hydrogen-bond acceptors (Lipinski definition) is 5. The van der Waals surface area contributed by atoms with Gasteiger partial charge in [0.1, 0.15) is 5.75 Å². The van der Waals surface area contributed by atoms with Crippen LogP contribution in [0.4, 0.5) is 0 Å². The van der Waals surface area contributed by atoms with Gasteiger partial charge in [-0.1, -0.05) is 19.1 Å². The maximum Gasteiger partial charge on any atom is 0.212 e. The van der Waals surface area contributed by atoms with E-state index in [9.17, 15) is 0 Å². The van der Waals surface area contributed by atoms with Crippen LogP contribution in [-0.4, -0.2) is 25.2 Å². The summed E-state index contributed by atoms with van der Waals surface area (Å²) in [6.45, 7) is 8.46. The van der Waals surface area contributed by atoms with E-state index in [1.165, 1.54) is 0 Å². The molecule has 3 aromatic rings. The average molecular weight is 311 g/mol. The Morgan fingerprint density at radius 2 is 1.96 bits per heavy atom. The molecule has 6 nitrogen and oxygen atoms in total. The van der Waals surface area contributed by atoms with Crippen LogP contribution in [0.1, 0.15) is 39.2 Å². The van der Waals surface area contributed by atoms with Gasteiger partial charge >= 0.3 is 0 Å². The maximum atomic E-state index is 5.96. The van der Waals surface area contributed by atoms with Crippen molar-refractivity contribution < 1.29 is 4.74 Å². The molecule has 0 aliphatic rings. The Kier molecular flexibility index (Phi) is 3.98. The van der Waals surface area contributed by atoms with Crippen LogP contribution in [0.2, 0.25) is 0 Å². The molecule has 1 aromatic carbocycles. The van der Waals surface area contributed by atoms with Gasteiger partial charge in [-0.15, -0.1) is 10.2 Å². The Balaban J connectivity index is 1.85. The molecule has 0 fully saturated rings. The fourth-order valence-corrected chi connectivity index (χ4v) is 2.22. The third-order valence-electron chi connectivity index (χ3n) is 3.51. The first-order valence-corrected chi connectivity index (χ1v) is 7.78. The molecule has 0 spiro atoms. The highest BCUT2D eigenvalue weighted by Crippen LogP contribution is 2.26. The van der Waals surface area contributed by atoms with Crippen LogP contribution in [0.15, 0.2) is 30.3 Å². The van der Waals surface area contributed by atoms with Crippen LogP contribution >= 0.6 is 0 Å². The number of ether oxygens (including phenoxy) is 1. The lowest BCUT2D eigenvalue weighted by Gasteiger charge is -2.15. The molecule has 23 heavy (non-hydrogen) atoms. The molecule has 0 atom stereocenters. The third-order valence-corrected chi connectivity index (χ3v) is 3.51. The van der Waals surface area contributed by atoms with Crippen LogP contribution in [0.5, 0.6) is 5.75 Å². The minimum Gasteiger partial charge on any atom is -0.485 e. The second-order valence-electron chi connectivity index (χ2n) is 6.44. The number of aryl methyl sites for hydroxylation is 1. The molecule has 0 N–H and O–H groups in total. The van der Waals surface area contributed by atoms with Crippen molar-refractivity contribution in [2.75, 3.05) is 0 Å². The third kappa shape index (κ3) is 3.31. The first-order chi connectivity index (χ1) is 11.0. The minimum absolute atomic E-state index is 0.190. The molecule has 0 amide bonds. The van der Waals surface area contributed by atoms with Crippen molar-refractivity contribution in [2.45, 2.75) is 46.3 Å². The number of tetrazole rings is 1. The molecule has 0 unspecified atom stereocenters. The molecule has 120 valence electrons. The predicted molar refractivity (Wildman–Crippen MR) is 88.3 cm³/mol. The van der Waals surface area contributed by atoms with Crippen LogP contribution in [0.25, 0.3) is 10.9 Å². The van der Waals surface area contributed by atoms with E-state index < -0.39 is 0 Å². The van der Waals surface area contributed by atoms with Gasteiger partial charge in [0.05, 0.1) is 11.1 Å². The van der Waals surface area contributed by atoms with Gasteiger partial charge in [0, 0.05) is 17.1 Å². The molecular weight excluding hydrogens is 290 g/mol. The van der Waals surface area contributed by atoms with Gasteiger partial charge in [0.25, 0.3) is 0 Å². The van der Waals surface area contributed by atoms with Gasteiger partial charge in [0.2, 0.25) is 5.82 Å². The lowest BCUT2D eigenvalue weighted by atomic mass is 10.1. The van der Waals surface area contributed by atoms with E-state index in [1.807, 2.05) is 51.1 Å². The number of fused-ring (bicyclic) bond motifs is 1.